The lowest BCUT2D eigenvalue weighted by Crippen LogP contribution is -2.62. The molecule has 0 aromatic carbocycles. The van der Waals surface area contributed by atoms with Crippen molar-refractivity contribution in [3.05, 3.63) is 0 Å². The fourth-order valence-corrected chi connectivity index (χ4v) is 9.52. The van der Waals surface area contributed by atoms with Gasteiger partial charge in [0.2, 0.25) is 0 Å². The average molecular weight is 465 g/mol. The zero-order valence-electron chi connectivity index (χ0n) is 21.4. The fraction of sp³-hybridized carbons (Fsp3) is 0.964. The van der Waals surface area contributed by atoms with Gasteiger partial charge in [0.1, 0.15) is 0 Å². The molecule has 4 aliphatic rings. The van der Waals surface area contributed by atoms with Gasteiger partial charge >= 0.3 is 5.97 Å². The highest BCUT2D eigenvalue weighted by molar-refractivity contribution is 5.70. The third-order valence-corrected chi connectivity index (χ3v) is 11.6. The number of rotatable bonds is 6. The molecule has 0 bridgehead atoms. The number of hydrogen-bond acceptors (Lipinski definition) is 4. The van der Waals surface area contributed by atoms with Crippen LogP contribution in [-0.2, 0) is 4.79 Å². The van der Waals surface area contributed by atoms with Crippen molar-refractivity contribution in [2.45, 2.75) is 111 Å². The molecule has 4 N–H and O–H groups in total. The number of fused-ring (bicyclic) bond motifs is 5. The van der Waals surface area contributed by atoms with Crippen LogP contribution in [0.3, 0.4) is 0 Å². The van der Waals surface area contributed by atoms with Gasteiger partial charge in [-0.15, -0.1) is 0 Å². The Balaban J connectivity index is 1.54. The van der Waals surface area contributed by atoms with Gasteiger partial charge in [0.25, 0.3) is 0 Å². The minimum Gasteiger partial charge on any atom is -0.481 e. The largest absolute Gasteiger partial charge is 0.481 e. The second-order valence-corrected chi connectivity index (χ2v) is 13.3. The van der Waals surface area contributed by atoms with Gasteiger partial charge < -0.3 is 20.4 Å². The van der Waals surface area contributed by atoms with Gasteiger partial charge in [-0.1, -0.05) is 34.6 Å². The first kappa shape index (κ1) is 25.4. The topological polar surface area (TPSA) is 98.0 Å². The molecule has 12 unspecified atom stereocenters. The van der Waals surface area contributed by atoms with Gasteiger partial charge in [-0.25, -0.2) is 0 Å². The summed E-state index contributed by atoms with van der Waals surface area (Å²) >= 11 is 0. The van der Waals surface area contributed by atoms with Gasteiger partial charge in [0, 0.05) is 0 Å². The summed E-state index contributed by atoms with van der Waals surface area (Å²) in [6.07, 6.45) is 6.87. The number of carboxylic acids is 1. The molecule has 4 rings (SSSR count). The minimum absolute atomic E-state index is 0.0983. The van der Waals surface area contributed by atoms with E-state index >= 15 is 0 Å². The highest BCUT2D eigenvalue weighted by atomic mass is 16.4. The maximum atomic E-state index is 11.7. The van der Waals surface area contributed by atoms with Crippen LogP contribution in [-0.4, -0.2) is 44.7 Å². The number of aliphatic carboxylic acids is 1. The summed E-state index contributed by atoms with van der Waals surface area (Å²) in [5.41, 5.74) is -0.114. The summed E-state index contributed by atoms with van der Waals surface area (Å²) in [5, 5.41) is 42.9. The van der Waals surface area contributed by atoms with E-state index in [4.69, 9.17) is 0 Å². The Morgan fingerprint density at radius 1 is 0.939 bits per heavy atom. The maximum absolute atomic E-state index is 11.7. The van der Waals surface area contributed by atoms with Crippen molar-refractivity contribution in [2.24, 2.45) is 58.2 Å². The summed E-state index contributed by atoms with van der Waals surface area (Å²) in [6, 6.07) is 0. The maximum Gasteiger partial charge on any atom is 0.306 e. The number of hydrogen-bond donors (Lipinski definition) is 4. The highest BCUT2D eigenvalue weighted by Gasteiger charge is 2.65. The zero-order valence-corrected chi connectivity index (χ0v) is 21.4. The normalized spacial score (nSPS) is 49.1. The molecule has 5 nitrogen and oxygen atoms in total. The van der Waals surface area contributed by atoms with Gasteiger partial charge in [0.15, 0.2) is 0 Å². The van der Waals surface area contributed by atoms with Crippen molar-refractivity contribution >= 4 is 5.97 Å². The Hall–Kier alpha value is -0.650. The van der Waals surface area contributed by atoms with Gasteiger partial charge in [0.05, 0.1) is 24.2 Å². The molecule has 4 saturated carbocycles. The highest BCUT2D eigenvalue weighted by Crippen LogP contribution is 2.68. The van der Waals surface area contributed by atoms with Crippen molar-refractivity contribution in [2.75, 3.05) is 0 Å². The molecule has 5 heteroatoms. The van der Waals surface area contributed by atoms with Crippen molar-refractivity contribution in [1.82, 2.24) is 0 Å². The Morgan fingerprint density at radius 3 is 2.27 bits per heavy atom. The van der Waals surface area contributed by atoms with E-state index in [9.17, 15) is 25.2 Å². The number of carboxylic acid groups (broad SMARTS) is 1. The predicted octanol–water partition coefficient (Wildman–Crippen LogP) is 4.72. The zero-order chi connectivity index (χ0) is 24.3. The van der Waals surface area contributed by atoms with E-state index in [-0.39, 0.29) is 46.9 Å². The number of aliphatic hydroxyl groups excluding tert-OH is 3. The lowest BCUT2D eigenvalue weighted by Gasteiger charge is -2.63. The molecule has 0 aromatic rings. The first-order valence-electron chi connectivity index (χ1n) is 13.7. The molecular weight excluding hydrogens is 416 g/mol. The van der Waals surface area contributed by atoms with E-state index in [1.54, 1.807) is 0 Å². The van der Waals surface area contributed by atoms with E-state index in [2.05, 4.69) is 20.8 Å². The summed E-state index contributed by atoms with van der Waals surface area (Å²) in [7, 11) is 0. The van der Waals surface area contributed by atoms with Crippen molar-refractivity contribution in [1.29, 1.82) is 0 Å². The molecule has 33 heavy (non-hydrogen) atoms. The third-order valence-electron chi connectivity index (χ3n) is 11.6. The van der Waals surface area contributed by atoms with Crippen LogP contribution in [0.25, 0.3) is 0 Å². The van der Waals surface area contributed by atoms with Crippen molar-refractivity contribution in [3.63, 3.8) is 0 Å². The molecule has 0 heterocycles. The quantitative estimate of drug-likeness (QED) is 0.456. The Labute approximate surface area is 200 Å². The van der Waals surface area contributed by atoms with Crippen LogP contribution in [0.5, 0.6) is 0 Å². The molecule has 12 atom stereocenters. The third kappa shape index (κ3) is 4.08. The Bertz CT molecular complexity index is 723. The molecule has 0 amide bonds. The summed E-state index contributed by atoms with van der Waals surface area (Å²) < 4.78 is 0. The second-order valence-electron chi connectivity index (χ2n) is 13.3. The monoisotopic (exact) mass is 464 g/mol. The van der Waals surface area contributed by atoms with Gasteiger partial charge in [-0.05, 0) is 110 Å². The van der Waals surface area contributed by atoms with E-state index in [0.29, 0.717) is 36.0 Å². The fourth-order valence-electron chi connectivity index (χ4n) is 9.52. The molecule has 4 aliphatic carbocycles. The number of aliphatic hydroxyl groups is 3. The molecule has 0 aromatic heterocycles. The molecule has 4 fully saturated rings. The minimum atomic E-state index is -0.695. The second kappa shape index (κ2) is 9.09. The first-order valence-corrected chi connectivity index (χ1v) is 13.7. The smallest absolute Gasteiger partial charge is 0.306 e. The summed E-state index contributed by atoms with van der Waals surface area (Å²) in [6.45, 7) is 10.9. The Kier molecular flexibility index (Phi) is 7.01. The molecule has 0 aliphatic heterocycles. The lowest BCUT2D eigenvalue weighted by molar-refractivity contribution is -0.207. The van der Waals surface area contributed by atoms with Crippen molar-refractivity contribution < 1.29 is 25.2 Å². The summed E-state index contributed by atoms with van der Waals surface area (Å²) in [5.74, 6) is 1.06. The van der Waals surface area contributed by atoms with Gasteiger partial charge in [-0.3, -0.25) is 4.79 Å². The Morgan fingerprint density at radius 2 is 1.64 bits per heavy atom. The lowest BCUT2D eigenvalue weighted by atomic mass is 9.43. The van der Waals surface area contributed by atoms with E-state index in [0.717, 1.165) is 51.4 Å². The molecule has 0 radical (unpaired) electrons. The SMILES string of the molecule is CC(C)C(CCC(C)C1CCC2C3C(O)CC4CC(O)CCC4(C)C3CC(O)C12C)C(=O)O. The van der Waals surface area contributed by atoms with Crippen LogP contribution >= 0.6 is 0 Å². The first-order chi connectivity index (χ1) is 15.4. The van der Waals surface area contributed by atoms with Crippen molar-refractivity contribution in [3.8, 4) is 0 Å². The predicted molar refractivity (Wildman–Crippen MR) is 128 cm³/mol. The standard InChI is InChI=1S/C28H48O5/c1-15(2)19(26(32)33)7-6-16(3)20-8-9-21-25-22(14-24(31)28(20,21)5)27(4)11-10-18(29)12-17(27)13-23(25)30/h15-25,29-31H,6-14H2,1-5H3,(H,32,33). The molecule has 0 saturated heterocycles. The van der Waals surface area contributed by atoms with E-state index < -0.39 is 5.97 Å². The van der Waals surface area contributed by atoms with Crippen LogP contribution in [0, 0.1) is 58.2 Å². The molecule has 190 valence electrons. The van der Waals surface area contributed by atoms with Crippen LogP contribution in [0.15, 0.2) is 0 Å². The van der Waals surface area contributed by atoms with Crippen LogP contribution in [0.4, 0.5) is 0 Å². The van der Waals surface area contributed by atoms with Crippen LogP contribution < -0.4 is 0 Å². The number of carbonyl (C=O) groups is 1. The van der Waals surface area contributed by atoms with Crippen LogP contribution in [0.1, 0.15) is 92.4 Å². The molecular formula is C28H48O5. The summed E-state index contributed by atoms with van der Waals surface area (Å²) in [4.78, 5) is 11.7. The van der Waals surface area contributed by atoms with E-state index in [1.165, 1.54) is 0 Å². The molecule has 0 spiro atoms. The van der Waals surface area contributed by atoms with Gasteiger partial charge in [-0.2, -0.15) is 0 Å². The van der Waals surface area contributed by atoms with E-state index in [1.807, 2.05) is 13.8 Å². The van der Waals surface area contributed by atoms with Crippen LogP contribution in [0.2, 0.25) is 0 Å². The average Bonchev–Trinajstić information content (AvgIpc) is 3.08.